The molecule has 0 aliphatic heterocycles. The molecule has 0 atom stereocenters. The highest BCUT2D eigenvalue weighted by atomic mass is 16.5. The van der Waals surface area contributed by atoms with E-state index >= 15 is 0 Å². The van der Waals surface area contributed by atoms with Gasteiger partial charge in [0.15, 0.2) is 6.61 Å². The molecule has 17 heavy (non-hydrogen) atoms. The number of likely N-dealkylation sites (N-methyl/N-ethyl adjacent to an activating group) is 1. The monoisotopic (exact) mass is 238 g/mol. The summed E-state index contributed by atoms with van der Waals surface area (Å²) in [5.74, 6) is -0.827. The van der Waals surface area contributed by atoms with Crippen LogP contribution < -0.4 is 15.4 Å². The Morgan fingerprint density at radius 3 is 2.82 bits per heavy atom. The maximum atomic E-state index is 11.3. The van der Waals surface area contributed by atoms with Gasteiger partial charge in [-0.15, -0.1) is 0 Å². The SMILES string of the molecule is CNCC(=O)Nc1cccc(OCC(=O)O)c1. The van der Waals surface area contributed by atoms with Gasteiger partial charge in [-0.2, -0.15) is 0 Å². The summed E-state index contributed by atoms with van der Waals surface area (Å²) in [6, 6.07) is 6.56. The molecule has 6 nitrogen and oxygen atoms in total. The van der Waals surface area contributed by atoms with Crippen LogP contribution in [0.15, 0.2) is 24.3 Å². The predicted octanol–water partition coefficient (Wildman–Crippen LogP) is 0.308. The lowest BCUT2D eigenvalue weighted by atomic mass is 10.3. The fourth-order valence-corrected chi connectivity index (χ4v) is 1.17. The van der Waals surface area contributed by atoms with Crippen LogP contribution >= 0.6 is 0 Å². The quantitative estimate of drug-likeness (QED) is 0.663. The highest BCUT2D eigenvalue weighted by Gasteiger charge is 2.03. The number of amides is 1. The summed E-state index contributed by atoms with van der Waals surface area (Å²) in [6.07, 6.45) is 0. The lowest BCUT2D eigenvalue weighted by molar-refractivity contribution is -0.139. The molecule has 0 aromatic heterocycles. The van der Waals surface area contributed by atoms with Crippen molar-refractivity contribution >= 4 is 17.6 Å². The highest BCUT2D eigenvalue weighted by Crippen LogP contribution is 2.17. The van der Waals surface area contributed by atoms with E-state index in [2.05, 4.69) is 10.6 Å². The molecule has 0 bridgehead atoms. The van der Waals surface area contributed by atoms with Crippen molar-refractivity contribution in [2.75, 3.05) is 25.5 Å². The van der Waals surface area contributed by atoms with Crippen LogP contribution in [0.3, 0.4) is 0 Å². The Hall–Kier alpha value is -2.08. The number of aliphatic carboxylic acids is 1. The van der Waals surface area contributed by atoms with Gasteiger partial charge < -0.3 is 20.5 Å². The minimum absolute atomic E-state index is 0.178. The molecule has 0 unspecified atom stereocenters. The van der Waals surface area contributed by atoms with E-state index in [0.717, 1.165) is 0 Å². The van der Waals surface area contributed by atoms with E-state index in [1.165, 1.54) is 0 Å². The summed E-state index contributed by atoms with van der Waals surface area (Å²) in [5.41, 5.74) is 0.563. The summed E-state index contributed by atoms with van der Waals surface area (Å²) in [6.45, 7) is -0.200. The Balaban J connectivity index is 2.59. The summed E-state index contributed by atoms with van der Waals surface area (Å²) in [5, 5.41) is 13.8. The fraction of sp³-hybridized carbons (Fsp3) is 0.273. The second kappa shape index (κ2) is 6.49. The van der Waals surface area contributed by atoms with Gasteiger partial charge in [-0.05, 0) is 19.2 Å². The van der Waals surface area contributed by atoms with Crippen molar-refractivity contribution < 1.29 is 19.4 Å². The third kappa shape index (κ3) is 4.98. The van der Waals surface area contributed by atoms with E-state index in [1.54, 1.807) is 31.3 Å². The summed E-state index contributed by atoms with van der Waals surface area (Å²) >= 11 is 0. The smallest absolute Gasteiger partial charge is 0.341 e. The largest absolute Gasteiger partial charge is 0.482 e. The van der Waals surface area contributed by atoms with E-state index in [4.69, 9.17) is 9.84 Å². The summed E-state index contributed by atoms with van der Waals surface area (Å²) in [7, 11) is 1.67. The van der Waals surface area contributed by atoms with Crippen molar-refractivity contribution in [2.24, 2.45) is 0 Å². The number of hydrogen-bond acceptors (Lipinski definition) is 4. The van der Waals surface area contributed by atoms with E-state index in [9.17, 15) is 9.59 Å². The molecule has 0 saturated heterocycles. The maximum Gasteiger partial charge on any atom is 0.341 e. The standard InChI is InChI=1S/C11H14N2O4/c1-12-6-10(14)13-8-3-2-4-9(5-8)17-7-11(15)16/h2-5,12H,6-7H2,1H3,(H,13,14)(H,15,16). The Bertz CT molecular complexity index is 406. The molecular weight excluding hydrogens is 224 g/mol. The second-order valence-corrected chi connectivity index (χ2v) is 3.29. The van der Waals surface area contributed by atoms with Crippen LogP contribution in [0.5, 0.6) is 5.75 Å². The number of rotatable bonds is 6. The number of nitrogens with one attached hydrogen (secondary N) is 2. The highest BCUT2D eigenvalue weighted by molar-refractivity contribution is 5.92. The first-order chi connectivity index (χ1) is 8.11. The third-order valence-electron chi connectivity index (χ3n) is 1.82. The first kappa shape index (κ1) is 13.0. The number of anilines is 1. The zero-order chi connectivity index (χ0) is 12.7. The van der Waals surface area contributed by atoms with Crippen molar-refractivity contribution in [3.05, 3.63) is 24.3 Å². The molecular formula is C11H14N2O4. The number of benzene rings is 1. The first-order valence-electron chi connectivity index (χ1n) is 5.01. The lowest BCUT2D eigenvalue weighted by Crippen LogP contribution is -2.25. The van der Waals surface area contributed by atoms with Gasteiger partial charge in [-0.25, -0.2) is 4.79 Å². The van der Waals surface area contributed by atoms with Crippen molar-refractivity contribution in [1.29, 1.82) is 0 Å². The summed E-state index contributed by atoms with van der Waals surface area (Å²) < 4.78 is 4.98. The average molecular weight is 238 g/mol. The Morgan fingerprint density at radius 1 is 1.41 bits per heavy atom. The lowest BCUT2D eigenvalue weighted by Gasteiger charge is -2.07. The van der Waals surface area contributed by atoms with Gasteiger partial charge in [0.25, 0.3) is 0 Å². The molecule has 0 aliphatic rings. The van der Waals surface area contributed by atoms with Crippen LogP contribution in [0, 0.1) is 0 Å². The van der Waals surface area contributed by atoms with E-state index in [1.807, 2.05) is 0 Å². The Morgan fingerprint density at radius 2 is 2.18 bits per heavy atom. The summed E-state index contributed by atoms with van der Waals surface area (Å²) in [4.78, 5) is 21.6. The molecule has 92 valence electrons. The zero-order valence-electron chi connectivity index (χ0n) is 9.40. The number of carboxylic acids is 1. The molecule has 0 aliphatic carbocycles. The average Bonchev–Trinajstić information content (AvgIpc) is 2.27. The normalized spacial score (nSPS) is 9.71. The molecule has 0 saturated carbocycles. The second-order valence-electron chi connectivity index (χ2n) is 3.29. The fourth-order valence-electron chi connectivity index (χ4n) is 1.17. The van der Waals surface area contributed by atoms with E-state index in [-0.39, 0.29) is 12.5 Å². The van der Waals surface area contributed by atoms with Gasteiger partial charge in [0.05, 0.1) is 6.54 Å². The van der Waals surface area contributed by atoms with Gasteiger partial charge in [-0.3, -0.25) is 4.79 Å². The zero-order valence-corrected chi connectivity index (χ0v) is 9.40. The van der Waals surface area contributed by atoms with Crippen LogP contribution in [0.25, 0.3) is 0 Å². The van der Waals surface area contributed by atoms with Crippen molar-refractivity contribution in [3.63, 3.8) is 0 Å². The van der Waals surface area contributed by atoms with Crippen molar-refractivity contribution in [3.8, 4) is 5.75 Å². The van der Waals surface area contributed by atoms with Gasteiger partial charge in [0, 0.05) is 11.8 Å². The number of carbonyl (C=O) groups excluding carboxylic acids is 1. The number of carboxylic acid groups (broad SMARTS) is 1. The van der Waals surface area contributed by atoms with E-state index in [0.29, 0.717) is 11.4 Å². The van der Waals surface area contributed by atoms with Crippen LogP contribution in [0.1, 0.15) is 0 Å². The van der Waals surface area contributed by atoms with Gasteiger partial charge in [0.2, 0.25) is 5.91 Å². The molecule has 3 N–H and O–H groups in total. The molecule has 6 heteroatoms. The van der Waals surface area contributed by atoms with Crippen molar-refractivity contribution in [2.45, 2.75) is 0 Å². The molecule has 0 heterocycles. The van der Waals surface area contributed by atoms with Gasteiger partial charge >= 0.3 is 5.97 Å². The van der Waals surface area contributed by atoms with Crippen molar-refractivity contribution in [1.82, 2.24) is 5.32 Å². The molecule has 1 rings (SSSR count). The third-order valence-corrected chi connectivity index (χ3v) is 1.82. The van der Waals surface area contributed by atoms with Crippen LogP contribution in [-0.4, -0.2) is 37.2 Å². The minimum Gasteiger partial charge on any atom is -0.482 e. The Labute approximate surface area is 98.6 Å². The topological polar surface area (TPSA) is 87.7 Å². The number of ether oxygens (including phenoxy) is 1. The van der Waals surface area contributed by atoms with E-state index < -0.39 is 12.6 Å². The molecule has 0 radical (unpaired) electrons. The molecule has 1 aromatic carbocycles. The molecule has 0 fully saturated rings. The first-order valence-corrected chi connectivity index (χ1v) is 5.01. The molecule has 1 aromatic rings. The number of hydrogen-bond donors (Lipinski definition) is 3. The minimum atomic E-state index is -1.05. The number of carbonyl (C=O) groups is 2. The molecule has 1 amide bonds. The van der Waals surface area contributed by atoms with Gasteiger partial charge in [0.1, 0.15) is 5.75 Å². The van der Waals surface area contributed by atoms with Crippen LogP contribution in [-0.2, 0) is 9.59 Å². The predicted molar refractivity (Wildman–Crippen MR) is 62.1 cm³/mol. The van der Waals surface area contributed by atoms with Crippen LogP contribution in [0.2, 0.25) is 0 Å². The van der Waals surface area contributed by atoms with Gasteiger partial charge in [-0.1, -0.05) is 6.07 Å². The molecule has 0 spiro atoms. The Kier molecular flexibility index (Phi) is 4.96. The maximum absolute atomic E-state index is 11.3. The van der Waals surface area contributed by atoms with Crippen LogP contribution in [0.4, 0.5) is 5.69 Å².